The number of aryl methyl sites for hydroxylation is 1. The number of hydrogen-bond acceptors (Lipinski definition) is 3. The maximum atomic E-state index is 13.1. The first kappa shape index (κ1) is 20.0. The number of anilines is 1. The van der Waals surface area contributed by atoms with Crippen LogP contribution in [0.15, 0.2) is 42.7 Å². The number of para-hydroxylation sites is 1. The van der Waals surface area contributed by atoms with Crippen LogP contribution in [-0.4, -0.2) is 16.0 Å². The number of halogens is 4. The molecule has 0 spiro atoms. The molecule has 0 fully saturated rings. The molecule has 0 saturated carbocycles. The monoisotopic (exact) mass is 403 g/mol. The summed E-state index contributed by atoms with van der Waals surface area (Å²) < 4.78 is 39.4. The van der Waals surface area contributed by atoms with Crippen LogP contribution in [0.4, 0.5) is 19.0 Å². The van der Waals surface area contributed by atoms with Crippen molar-refractivity contribution in [1.29, 1.82) is 0 Å². The maximum Gasteiger partial charge on any atom is 0.417 e. The SMILES string of the molecule is Cc1cccc2c(NC(C)CC#Cc3ccc(Cl)cc3C(F)(F)F)ncnc12. The van der Waals surface area contributed by atoms with Gasteiger partial charge in [-0.15, -0.1) is 0 Å². The quantitative estimate of drug-likeness (QED) is 0.557. The summed E-state index contributed by atoms with van der Waals surface area (Å²) in [6.07, 6.45) is -2.67. The predicted molar refractivity (Wildman–Crippen MR) is 105 cm³/mol. The van der Waals surface area contributed by atoms with Crippen LogP contribution in [-0.2, 0) is 6.18 Å². The van der Waals surface area contributed by atoms with Crippen LogP contribution in [0.25, 0.3) is 10.9 Å². The van der Waals surface area contributed by atoms with Crippen LogP contribution in [0.5, 0.6) is 0 Å². The van der Waals surface area contributed by atoms with Crippen molar-refractivity contribution in [2.75, 3.05) is 5.32 Å². The molecule has 2 aromatic carbocycles. The number of aromatic nitrogens is 2. The van der Waals surface area contributed by atoms with E-state index in [1.54, 1.807) is 0 Å². The second-order valence-corrected chi connectivity index (χ2v) is 6.87. The minimum absolute atomic E-state index is 0.0267. The predicted octanol–water partition coefficient (Wildman–Crippen LogP) is 5.85. The van der Waals surface area contributed by atoms with Gasteiger partial charge in [0.15, 0.2) is 0 Å². The normalized spacial score (nSPS) is 12.4. The van der Waals surface area contributed by atoms with Crippen molar-refractivity contribution in [3.63, 3.8) is 0 Å². The van der Waals surface area contributed by atoms with Crippen molar-refractivity contribution in [3.8, 4) is 11.8 Å². The van der Waals surface area contributed by atoms with E-state index in [1.165, 1.54) is 18.5 Å². The number of rotatable bonds is 3. The Kier molecular flexibility index (Phi) is 5.76. The lowest BCUT2D eigenvalue weighted by molar-refractivity contribution is -0.137. The van der Waals surface area contributed by atoms with E-state index in [0.717, 1.165) is 22.5 Å². The van der Waals surface area contributed by atoms with Crippen molar-refractivity contribution in [2.24, 2.45) is 0 Å². The molecule has 144 valence electrons. The molecule has 0 aliphatic rings. The zero-order valence-electron chi connectivity index (χ0n) is 15.2. The number of benzene rings is 2. The van der Waals surface area contributed by atoms with Crippen LogP contribution in [0, 0.1) is 18.8 Å². The maximum absolute atomic E-state index is 13.1. The summed E-state index contributed by atoms with van der Waals surface area (Å²) in [5.41, 5.74) is 0.977. The van der Waals surface area contributed by atoms with E-state index in [2.05, 4.69) is 27.1 Å². The van der Waals surface area contributed by atoms with Gasteiger partial charge in [-0.1, -0.05) is 35.6 Å². The molecule has 1 aromatic heterocycles. The Morgan fingerprint density at radius 3 is 2.71 bits per heavy atom. The molecule has 0 aliphatic carbocycles. The highest BCUT2D eigenvalue weighted by Gasteiger charge is 2.33. The third-order valence-electron chi connectivity index (χ3n) is 4.17. The van der Waals surface area contributed by atoms with E-state index in [-0.39, 0.29) is 16.6 Å². The number of nitrogens with one attached hydrogen (secondary N) is 1. The molecular weight excluding hydrogens is 387 g/mol. The third kappa shape index (κ3) is 4.55. The highest BCUT2D eigenvalue weighted by Crippen LogP contribution is 2.33. The van der Waals surface area contributed by atoms with Gasteiger partial charge in [0.25, 0.3) is 0 Å². The second-order valence-electron chi connectivity index (χ2n) is 6.43. The Balaban J connectivity index is 1.77. The van der Waals surface area contributed by atoms with Crippen LogP contribution in [0.2, 0.25) is 5.02 Å². The van der Waals surface area contributed by atoms with E-state index in [9.17, 15) is 13.2 Å². The highest BCUT2D eigenvalue weighted by molar-refractivity contribution is 6.30. The Hall–Kier alpha value is -2.78. The molecule has 28 heavy (non-hydrogen) atoms. The van der Waals surface area contributed by atoms with Crippen molar-refractivity contribution < 1.29 is 13.2 Å². The molecule has 3 rings (SSSR count). The molecule has 1 unspecified atom stereocenters. The van der Waals surface area contributed by atoms with E-state index >= 15 is 0 Å². The van der Waals surface area contributed by atoms with E-state index in [4.69, 9.17) is 11.6 Å². The van der Waals surface area contributed by atoms with Gasteiger partial charge in [-0.3, -0.25) is 0 Å². The molecule has 0 amide bonds. The van der Waals surface area contributed by atoms with Gasteiger partial charge in [-0.05, 0) is 43.7 Å². The lowest BCUT2D eigenvalue weighted by Crippen LogP contribution is -2.15. The minimum atomic E-state index is -4.50. The first-order valence-electron chi connectivity index (χ1n) is 8.58. The Labute approximate surface area is 166 Å². The lowest BCUT2D eigenvalue weighted by atomic mass is 10.1. The summed E-state index contributed by atoms with van der Waals surface area (Å²) in [5, 5.41) is 4.17. The van der Waals surface area contributed by atoms with Crippen molar-refractivity contribution in [1.82, 2.24) is 9.97 Å². The third-order valence-corrected chi connectivity index (χ3v) is 4.40. The van der Waals surface area contributed by atoms with Crippen LogP contribution < -0.4 is 5.32 Å². The molecule has 7 heteroatoms. The van der Waals surface area contributed by atoms with Crippen molar-refractivity contribution >= 4 is 28.3 Å². The van der Waals surface area contributed by atoms with Gasteiger partial charge in [0.05, 0.1) is 11.1 Å². The smallest absolute Gasteiger partial charge is 0.366 e. The molecule has 1 atom stereocenters. The summed E-state index contributed by atoms with van der Waals surface area (Å²) in [5.74, 6) is 6.09. The first-order valence-corrected chi connectivity index (χ1v) is 8.96. The molecule has 0 radical (unpaired) electrons. The van der Waals surface area contributed by atoms with Gasteiger partial charge in [0, 0.05) is 28.4 Å². The first-order chi connectivity index (χ1) is 13.3. The molecule has 3 aromatic rings. The Morgan fingerprint density at radius 1 is 1.18 bits per heavy atom. The number of fused-ring (bicyclic) bond motifs is 1. The zero-order valence-corrected chi connectivity index (χ0v) is 16.0. The van der Waals surface area contributed by atoms with Crippen LogP contribution in [0.1, 0.15) is 30.0 Å². The standard InChI is InChI=1S/C21H17ClF3N3/c1-13-5-3-8-17-19(13)26-12-27-20(17)28-14(2)6-4-7-15-9-10-16(22)11-18(15)21(23,24)25/h3,5,8-12,14H,6H2,1-2H3,(H,26,27,28). The van der Waals surface area contributed by atoms with E-state index in [0.29, 0.717) is 12.2 Å². The second kappa shape index (κ2) is 8.07. The van der Waals surface area contributed by atoms with Gasteiger partial charge in [0.1, 0.15) is 12.1 Å². The topological polar surface area (TPSA) is 37.8 Å². The largest absolute Gasteiger partial charge is 0.417 e. The molecule has 1 N–H and O–H groups in total. The molecule has 0 saturated heterocycles. The van der Waals surface area contributed by atoms with Crippen LogP contribution in [0.3, 0.4) is 0 Å². The fourth-order valence-electron chi connectivity index (χ4n) is 2.79. The molecular formula is C21H17ClF3N3. The van der Waals surface area contributed by atoms with E-state index < -0.39 is 11.7 Å². The minimum Gasteiger partial charge on any atom is -0.366 e. The lowest BCUT2D eigenvalue weighted by Gasteiger charge is -2.14. The summed E-state index contributed by atoms with van der Waals surface area (Å²) in [7, 11) is 0. The highest BCUT2D eigenvalue weighted by atomic mass is 35.5. The van der Waals surface area contributed by atoms with Gasteiger partial charge >= 0.3 is 6.18 Å². The average molecular weight is 404 g/mol. The van der Waals surface area contributed by atoms with E-state index in [1.807, 2.05) is 32.0 Å². The van der Waals surface area contributed by atoms with Crippen molar-refractivity contribution in [2.45, 2.75) is 32.5 Å². The fourth-order valence-corrected chi connectivity index (χ4v) is 2.97. The van der Waals surface area contributed by atoms with Gasteiger partial charge < -0.3 is 5.32 Å². The Morgan fingerprint density at radius 2 is 1.96 bits per heavy atom. The summed E-state index contributed by atoms with van der Waals surface area (Å²) in [4.78, 5) is 8.57. The number of hydrogen-bond donors (Lipinski definition) is 1. The number of alkyl halides is 3. The van der Waals surface area contributed by atoms with Gasteiger partial charge in [-0.25, -0.2) is 9.97 Å². The summed E-state index contributed by atoms with van der Waals surface area (Å²) >= 11 is 5.69. The molecule has 0 aliphatic heterocycles. The van der Waals surface area contributed by atoms with Gasteiger partial charge in [-0.2, -0.15) is 13.2 Å². The van der Waals surface area contributed by atoms with Crippen molar-refractivity contribution in [3.05, 3.63) is 64.4 Å². The molecule has 0 bridgehead atoms. The summed E-state index contributed by atoms with van der Waals surface area (Å²) in [6, 6.07) is 9.28. The summed E-state index contributed by atoms with van der Waals surface area (Å²) in [6.45, 7) is 3.86. The molecule has 1 heterocycles. The fraction of sp³-hybridized carbons (Fsp3) is 0.238. The van der Waals surface area contributed by atoms with Gasteiger partial charge in [0.2, 0.25) is 0 Å². The average Bonchev–Trinajstić information content (AvgIpc) is 2.63. The van der Waals surface area contributed by atoms with Crippen LogP contribution >= 0.6 is 11.6 Å². The molecule has 3 nitrogen and oxygen atoms in total. The Bertz CT molecular complexity index is 1070. The number of nitrogens with zero attached hydrogens (tertiary/aromatic N) is 2. The zero-order chi connectivity index (χ0) is 20.3.